The van der Waals surface area contributed by atoms with Crippen LogP contribution in [0.4, 0.5) is 5.82 Å². The van der Waals surface area contributed by atoms with Crippen molar-refractivity contribution in [2.24, 2.45) is 0 Å². The Morgan fingerprint density at radius 2 is 1.78 bits per heavy atom. The number of aromatic nitrogens is 2. The number of hydrogen-bond acceptors (Lipinski definition) is 3. The highest BCUT2D eigenvalue weighted by molar-refractivity contribution is 5.31. The lowest BCUT2D eigenvalue weighted by Crippen LogP contribution is -2.05. The van der Waals surface area contributed by atoms with E-state index in [0.717, 1.165) is 24.4 Å². The quantitative estimate of drug-likeness (QED) is 0.895. The Morgan fingerprint density at radius 1 is 1.06 bits per heavy atom. The molecule has 0 radical (unpaired) electrons. The number of aryl methyl sites for hydroxylation is 2. The summed E-state index contributed by atoms with van der Waals surface area (Å²) in [7, 11) is 0. The largest absolute Gasteiger partial charge is 0.384 e. The third-order valence-electron chi connectivity index (χ3n) is 2.88. The molecule has 94 valence electrons. The number of nitrogens with zero attached hydrogens (tertiary/aromatic N) is 2. The molecule has 18 heavy (non-hydrogen) atoms. The maximum atomic E-state index is 5.82. The van der Waals surface area contributed by atoms with E-state index < -0.39 is 0 Å². The molecule has 0 aliphatic carbocycles. The molecular formula is C15H19N3. The van der Waals surface area contributed by atoms with Gasteiger partial charge in [-0.05, 0) is 17.9 Å². The van der Waals surface area contributed by atoms with Crippen LogP contribution in [0.5, 0.6) is 0 Å². The fourth-order valence-corrected chi connectivity index (χ4v) is 1.85. The molecular weight excluding hydrogens is 222 g/mol. The molecule has 0 unspecified atom stereocenters. The maximum Gasteiger partial charge on any atom is 0.131 e. The van der Waals surface area contributed by atoms with Crippen LogP contribution in [0.1, 0.15) is 36.8 Å². The van der Waals surface area contributed by atoms with Crippen molar-refractivity contribution in [3.8, 4) is 0 Å². The normalized spacial score (nSPS) is 10.8. The summed E-state index contributed by atoms with van der Waals surface area (Å²) < 4.78 is 0. The predicted molar refractivity (Wildman–Crippen MR) is 74.4 cm³/mol. The molecule has 0 bridgehead atoms. The van der Waals surface area contributed by atoms with Crippen molar-refractivity contribution in [3.05, 3.63) is 53.5 Å². The Labute approximate surface area is 108 Å². The van der Waals surface area contributed by atoms with E-state index in [4.69, 9.17) is 5.73 Å². The van der Waals surface area contributed by atoms with Crippen molar-refractivity contribution in [2.45, 2.75) is 32.6 Å². The summed E-state index contributed by atoms with van der Waals surface area (Å²) in [4.78, 5) is 8.86. The molecule has 2 N–H and O–H groups in total. The molecule has 0 atom stereocenters. The molecule has 0 fully saturated rings. The minimum absolute atomic E-state index is 0.380. The van der Waals surface area contributed by atoms with Crippen LogP contribution in [-0.4, -0.2) is 9.97 Å². The smallest absolute Gasteiger partial charge is 0.131 e. The monoisotopic (exact) mass is 241 g/mol. The highest BCUT2D eigenvalue weighted by Gasteiger charge is 2.06. The first-order valence-electron chi connectivity index (χ1n) is 6.32. The topological polar surface area (TPSA) is 51.8 Å². The second kappa shape index (κ2) is 5.63. The Morgan fingerprint density at radius 3 is 2.44 bits per heavy atom. The summed E-state index contributed by atoms with van der Waals surface area (Å²) in [6.45, 7) is 4.23. The van der Waals surface area contributed by atoms with Gasteiger partial charge in [0.05, 0.1) is 0 Å². The fraction of sp³-hybridized carbons (Fsp3) is 0.333. The highest BCUT2D eigenvalue weighted by Crippen LogP contribution is 2.14. The molecule has 1 aromatic carbocycles. The number of nitrogens with two attached hydrogens (primary N) is 1. The number of anilines is 1. The van der Waals surface area contributed by atoms with Gasteiger partial charge in [-0.3, -0.25) is 0 Å². The molecule has 0 aliphatic rings. The average molecular weight is 241 g/mol. The van der Waals surface area contributed by atoms with Gasteiger partial charge in [-0.2, -0.15) is 0 Å². The summed E-state index contributed by atoms with van der Waals surface area (Å²) in [5.41, 5.74) is 8.13. The van der Waals surface area contributed by atoms with E-state index in [0.29, 0.717) is 11.7 Å². The van der Waals surface area contributed by atoms with Crippen molar-refractivity contribution in [1.82, 2.24) is 9.97 Å². The van der Waals surface area contributed by atoms with Crippen LogP contribution in [0.3, 0.4) is 0 Å². The third kappa shape index (κ3) is 3.29. The standard InChI is InChI=1S/C15H19N3/c1-11(2)13-10-14(16)18-15(17-13)9-8-12-6-4-3-5-7-12/h3-7,10-11H,8-9H2,1-2H3,(H2,16,17,18). The van der Waals surface area contributed by atoms with E-state index in [1.54, 1.807) is 0 Å². The summed E-state index contributed by atoms with van der Waals surface area (Å²) in [6.07, 6.45) is 1.77. The Kier molecular flexibility index (Phi) is 3.92. The second-order valence-electron chi connectivity index (χ2n) is 4.77. The van der Waals surface area contributed by atoms with Crippen LogP contribution in [-0.2, 0) is 12.8 Å². The maximum absolute atomic E-state index is 5.82. The van der Waals surface area contributed by atoms with Gasteiger partial charge in [0.25, 0.3) is 0 Å². The zero-order valence-corrected chi connectivity index (χ0v) is 10.9. The molecule has 2 rings (SSSR count). The summed E-state index contributed by atoms with van der Waals surface area (Å²) in [5, 5.41) is 0. The number of benzene rings is 1. The van der Waals surface area contributed by atoms with Gasteiger partial charge >= 0.3 is 0 Å². The first-order chi connectivity index (χ1) is 8.65. The van der Waals surface area contributed by atoms with Crippen LogP contribution >= 0.6 is 0 Å². The van der Waals surface area contributed by atoms with Crippen LogP contribution < -0.4 is 5.73 Å². The lowest BCUT2D eigenvalue weighted by molar-refractivity contribution is 0.773. The van der Waals surface area contributed by atoms with Gasteiger partial charge in [0, 0.05) is 18.2 Å². The van der Waals surface area contributed by atoms with Crippen molar-refractivity contribution in [2.75, 3.05) is 5.73 Å². The van der Waals surface area contributed by atoms with Crippen LogP contribution in [0.2, 0.25) is 0 Å². The van der Waals surface area contributed by atoms with Crippen molar-refractivity contribution in [1.29, 1.82) is 0 Å². The van der Waals surface area contributed by atoms with E-state index in [2.05, 4.69) is 48.1 Å². The Hall–Kier alpha value is -1.90. The Balaban J connectivity index is 2.10. The van der Waals surface area contributed by atoms with Gasteiger partial charge < -0.3 is 5.73 Å². The van der Waals surface area contributed by atoms with Crippen molar-refractivity contribution in [3.63, 3.8) is 0 Å². The molecule has 1 aromatic heterocycles. The zero-order valence-electron chi connectivity index (χ0n) is 10.9. The summed E-state index contributed by atoms with van der Waals surface area (Å²) in [5.74, 6) is 1.78. The minimum Gasteiger partial charge on any atom is -0.384 e. The predicted octanol–water partition coefficient (Wildman–Crippen LogP) is 2.97. The third-order valence-corrected chi connectivity index (χ3v) is 2.88. The number of nitrogen functional groups attached to an aromatic ring is 1. The van der Waals surface area contributed by atoms with E-state index in [9.17, 15) is 0 Å². The molecule has 0 amide bonds. The van der Waals surface area contributed by atoms with Crippen LogP contribution in [0.25, 0.3) is 0 Å². The van der Waals surface area contributed by atoms with Crippen LogP contribution in [0, 0.1) is 0 Å². The molecule has 2 aromatic rings. The van der Waals surface area contributed by atoms with E-state index >= 15 is 0 Å². The van der Waals surface area contributed by atoms with E-state index in [1.165, 1.54) is 5.56 Å². The summed E-state index contributed by atoms with van der Waals surface area (Å²) in [6, 6.07) is 12.2. The highest BCUT2D eigenvalue weighted by atomic mass is 14.9. The second-order valence-corrected chi connectivity index (χ2v) is 4.77. The van der Waals surface area contributed by atoms with Crippen LogP contribution in [0.15, 0.2) is 36.4 Å². The van der Waals surface area contributed by atoms with Gasteiger partial charge in [-0.15, -0.1) is 0 Å². The number of rotatable bonds is 4. The molecule has 0 saturated heterocycles. The van der Waals surface area contributed by atoms with Gasteiger partial charge in [0.1, 0.15) is 11.6 Å². The summed E-state index contributed by atoms with van der Waals surface area (Å²) >= 11 is 0. The van der Waals surface area contributed by atoms with Gasteiger partial charge in [0.15, 0.2) is 0 Å². The first kappa shape index (κ1) is 12.6. The molecule has 1 heterocycles. The average Bonchev–Trinajstić information content (AvgIpc) is 2.37. The molecule has 0 saturated carbocycles. The van der Waals surface area contributed by atoms with Gasteiger partial charge in [-0.25, -0.2) is 9.97 Å². The molecule has 3 nitrogen and oxygen atoms in total. The fourth-order valence-electron chi connectivity index (χ4n) is 1.85. The van der Waals surface area contributed by atoms with Crippen molar-refractivity contribution >= 4 is 5.82 Å². The molecule has 3 heteroatoms. The lowest BCUT2D eigenvalue weighted by Gasteiger charge is -2.08. The van der Waals surface area contributed by atoms with E-state index in [-0.39, 0.29) is 0 Å². The lowest BCUT2D eigenvalue weighted by atomic mass is 10.1. The van der Waals surface area contributed by atoms with E-state index in [1.807, 2.05) is 12.1 Å². The SMILES string of the molecule is CC(C)c1cc(N)nc(CCc2ccccc2)n1. The molecule has 0 aliphatic heterocycles. The minimum atomic E-state index is 0.380. The van der Waals surface area contributed by atoms with Gasteiger partial charge in [-0.1, -0.05) is 44.2 Å². The zero-order chi connectivity index (χ0) is 13.0. The number of hydrogen-bond donors (Lipinski definition) is 1. The van der Waals surface area contributed by atoms with Crippen molar-refractivity contribution < 1.29 is 0 Å². The first-order valence-corrected chi connectivity index (χ1v) is 6.32. The van der Waals surface area contributed by atoms with Gasteiger partial charge in [0.2, 0.25) is 0 Å². The molecule has 0 spiro atoms. The Bertz CT molecular complexity index is 506.